The SMILES string of the molecule is OC[C@@H]1C[C@@H](O)[C@@H](O)[C@@H]1O. The molecule has 0 unspecified atom stereocenters. The van der Waals surface area contributed by atoms with E-state index in [4.69, 9.17) is 20.4 Å². The minimum atomic E-state index is -1.09. The van der Waals surface area contributed by atoms with Gasteiger partial charge in [-0.25, -0.2) is 0 Å². The number of rotatable bonds is 1. The van der Waals surface area contributed by atoms with Crippen molar-refractivity contribution in [2.45, 2.75) is 24.7 Å². The van der Waals surface area contributed by atoms with E-state index >= 15 is 0 Å². The van der Waals surface area contributed by atoms with Crippen molar-refractivity contribution in [3.8, 4) is 0 Å². The molecule has 4 nitrogen and oxygen atoms in total. The Morgan fingerprint density at radius 1 is 1.10 bits per heavy atom. The van der Waals surface area contributed by atoms with Crippen LogP contribution in [-0.2, 0) is 0 Å². The standard InChI is InChI=1S/C6H12O4/c7-2-3-1-4(8)6(10)5(3)9/h3-10H,1-2H2/t3-,4+,5+,6+/m0/s1. The Balaban J connectivity index is 2.53. The summed E-state index contributed by atoms with van der Waals surface area (Å²) >= 11 is 0. The van der Waals surface area contributed by atoms with Gasteiger partial charge in [-0.1, -0.05) is 0 Å². The van der Waals surface area contributed by atoms with Gasteiger partial charge in [0.2, 0.25) is 0 Å². The van der Waals surface area contributed by atoms with Crippen LogP contribution in [0.3, 0.4) is 0 Å². The summed E-state index contributed by atoms with van der Waals surface area (Å²) in [4.78, 5) is 0. The van der Waals surface area contributed by atoms with Crippen molar-refractivity contribution < 1.29 is 20.4 Å². The van der Waals surface area contributed by atoms with E-state index in [-0.39, 0.29) is 18.9 Å². The molecule has 0 amide bonds. The molecule has 4 N–H and O–H groups in total. The van der Waals surface area contributed by atoms with E-state index in [2.05, 4.69) is 0 Å². The maximum atomic E-state index is 9.06. The normalized spacial score (nSPS) is 48.0. The third kappa shape index (κ3) is 1.15. The third-order valence-corrected chi connectivity index (χ3v) is 2.01. The Morgan fingerprint density at radius 3 is 1.90 bits per heavy atom. The van der Waals surface area contributed by atoms with Crippen LogP contribution in [0.2, 0.25) is 0 Å². The summed E-state index contributed by atoms with van der Waals surface area (Å²) in [6.07, 6.45) is -2.66. The molecule has 1 saturated carbocycles. The van der Waals surface area contributed by atoms with Crippen LogP contribution in [0.1, 0.15) is 6.42 Å². The highest BCUT2D eigenvalue weighted by molar-refractivity contribution is 4.90. The molecule has 1 rings (SSSR count). The van der Waals surface area contributed by atoms with Gasteiger partial charge in [-0.3, -0.25) is 0 Å². The largest absolute Gasteiger partial charge is 0.396 e. The van der Waals surface area contributed by atoms with Crippen molar-refractivity contribution in [3.05, 3.63) is 0 Å². The highest BCUT2D eigenvalue weighted by atomic mass is 16.4. The van der Waals surface area contributed by atoms with Crippen molar-refractivity contribution >= 4 is 0 Å². The highest BCUT2D eigenvalue weighted by Crippen LogP contribution is 2.25. The predicted molar refractivity (Wildman–Crippen MR) is 33.2 cm³/mol. The lowest BCUT2D eigenvalue weighted by Crippen LogP contribution is -2.31. The predicted octanol–water partition coefficient (Wildman–Crippen LogP) is -1.92. The second kappa shape index (κ2) is 2.84. The van der Waals surface area contributed by atoms with Crippen molar-refractivity contribution in [3.63, 3.8) is 0 Å². The molecule has 0 saturated heterocycles. The molecule has 0 aromatic rings. The highest BCUT2D eigenvalue weighted by Gasteiger charge is 2.39. The van der Waals surface area contributed by atoms with Crippen molar-refractivity contribution in [2.75, 3.05) is 6.61 Å². The first-order valence-corrected chi connectivity index (χ1v) is 3.32. The Hall–Kier alpha value is -0.160. The van der Waals surface area contributed by atoms with Crippen LogP contribution >= 0.6 is 0 Å². The zero-order valence-electron chi connectivity index (χ0n) is 5.51. The van der Waals surface area contributed by atoms with Gasteiger partial charge in [0.05, 0.1) is 12.2 Å². The van der Waals surface area contributed by atoms with E-state index in [1.165, 1.54) is 0 Å². The van der Waals surface area contributed by atoms with Gasteiger partial charge in [0.15, 0.2) is 0 Å². The first-order chi connectivity index (χ1) is 4.66. The average Bonchev–Trinajstić information content (AvgIpc) is 2.17. The Kier molecular flexibility index (Phi) is 2.25. The summed E-state index contributed by atoms with van der Waals surface area (Å²) in [6, 6.07) is 0. The molecule has 0 aromatic heterocycles. The Bertz CT molecular complexity index is 116. The van der Waals surface area contributed by atoms with Crippen molar-refractivity contribution in [1.29, 1.82) is 0 Å². The summed E-state index contributed by atoms with van der Waals surface area (Å²) in [5.74, 6) is -0.370. The first kappa shape index (κ1) is 7.94. The summed E-state index contributed by atoms with van der Waals surface area (Å²) in [7, 11) is 0. The van der Waals surface area contributed by atoms with Crippen LogP contribution in [-0.4, -0.2) is 45.3 Å². The monoisotopic (exact) mass is 148 g/mol. The van der Waals surface area contributed by atoms with Crippen LogP contribution < -0.4 is 0 Å². The second-order valence-electron chi connectivity index (χ2n) is 2.73. The minimum Gasteiger partial charge on any atom is -0.396 e. The maximum Gasteiger partial charge on any atom is 0.106 e. The molecule has 0 heterocycles. The summed E-state index contributed by atoms with van der Waals surface area (Å²) in [5.41, 5.74) is 0. The molecule has 60 valence electrons. The number of aliphatic hydroxyl groups excluding tert-OH is 4. The fourth-order valence-electron chi connectivity index (χ4n) is 1.28. The van der Waals surface area contributed by atoms with Gasteiger partial charge in [0.1, 0.15) is 6.10 Å². The lowest BCUT2D eigenvalue weighted by molar-refractivity contribution is -0.0302. The second-order valence-corrected chi connectivity index (χ2v) is 2.73. The van der Waals surface area contributed by atoms with E-state index in [0.717, 1.165) is 0 Å². The molecule has 4 atom stereocenters. The van der Waals surface area contributed by atoms with Crippen molar-refractivity contribution in [1.82, 2.24) is 0 Å². The maximum absolute atomic E-state index is 9.06. The molecule has 1 aliphatic carbocycles. The van der Waals surface area contributed by atoms with Crippen LogP contribution in [0.25, 0.3) is 0 Å². The Morgan fingerprint density at radius 2 is 1.70 bits per heavy atom. The van der Waals surface area contributed by atoms with Crippen LogP contribution in [0, 0.1) is 5.92 Å². The zero-order valence-corrected chi connectivity index (χ0v) is 5.51. The third-order valence-electron chi connectivity index (χ3n) is 2.01. The minimum absolute atomic E-state index is 0.185. The van der Waals surface area contributed by atoms with Crippen molar-refractivity contribution in [2.24, 2.45) is 5.92 Å². The molecular formula is C6H12O4. The average molecular weight is 148 g/mol. The summed E-state index contributed by atoms with van der Waals surface area (Å²) in [6.45, 7) is -0.185. The molecule has 1 aliphatic rings. The van der Waals surface area contributed by atoms with E-state index in [1.807, 2.05) is 0 Å². The smallest absolute Gasteiger partial charge is 0.106 e. The fourth-order valence-corrected chi connectivity index (χ4v) is 1.28. The fraction of sp³-hybridized carbons (Fsp3) is 1.00. The van der Waals surface area contributed by atoms with Gasteiger partial charge < -0.3 is 20.4 Å². The van der Waals surface area contributed by atoms with Gasteiger partial charge in [-0.05, 0) is 6.42 Å². The molecule has 10 heavy (non-hydrogen) atoms. The lowest BCUT2D eigenvalue weighted by atomic mass is 10.1. The molecule has 0 bridgehead atoms. The zero-order chi connectivity index (χ0) is 7.72. The molecule has 0 aromatic carbocycles. The van der Waals surface area contributed by atoms with Gasteiger partial charge in [-0.15, -0.1) is 0 Å². The lowest BCUT2D eigenvalue weighted by Gasteiger charge is -2.12. The van der Waals surface area contributed by atoms with E-state index in [1.54, 1.807) is 0 Å². The number of aliphatic hydroxyl groups is 4. The summed E-state index contributed by atoms with van der Waals surface area (Å²) < 4.78 is 0. The van der Waals surface area contributed by atoms with Gasteiger partial charge >= 0.3 is 0 Å². The summed E-state index contributed by atoms with van der Waals surface area (Å²) in [5, 5.41) is 35.6. The van der Waals surface area contributed by atoms with E-state index < -0.39 is 18.3 Å². The molecule has 0 radical (unpaired) electrons. The van der Waals surface area contributed by atoms with Gasteiger partial charge in [0, 0.05) is 12.5 Å². The van der Waals surface area contributed by atoms with E-state index in [0.29, 0.717) is 0 Å². The van der Waals surface area contributed by atoms with Gasteiger partial charge in [0.25, 0.3) is 0 Å². The molecule has 0 spiro atoms. The molecule has 0 aliphatic heterocycles. The number of hydrogen-bond donors (Lipinski definition) is 4. The van der Waals surface area contributed by atoms with Crippen LogP contribution in [0.15, 0.2) is 0 Å². The topological polar surface area (TPSA) is 80.9 Å². The van der Waals surface area contributed by atoms with E-state index in [9.17, 15) is 0 Å². The van der Waals surface area contributed by atoms with Crippen LogP contribution in [0.4, 0.5) is 0 Å². The molecular weight excluding hydrogens is 136 g/mol. The molecule has 1 fully saturated rings. The first-order valence-electron chi connectivity index (χ1n) is 3.32. The quantitative estimate of drug-likeness (QED) is 0.349. The van der Waals surface area contributed by atoms with Gasteiger partial charge in [-0.2, -0.15) is 0 Å². The Labute approximate surface area is 58.7 Å². The van der Waals surface area contributed by atoms with Crippen LogP contribution in [0.5, 0.6) is 0 Å². The number of hydrogen-bond acceptors (Lipinski definition) is 4. The molecule has 4 heteroatoms.